The molecule has 0 bridgehead atoms. The molecule has 0 heterocycles. The lowest BCUT2D eigenvalue weighted by Crippen LogP contribution is -1.94. The molecule has 0 atom stereocenters. The molecular weight excluding hydrogens is 284 g/mol. The highest BCUT2D eigenvalue weighted by Crippen LogP contribution is 2.31. The molecule has 2 rings (SSSR count). The van der Waals surface area contributed by atoms with Gasteiger partial charge in [0.25, 0.3) is 5.69 Å². The van der Waals surface area contributed by atoms with Gasteiger partial charge in [-0.3, -0.25) is 10.1 Å². The highest BCUT2D eigenvalue weighted by molar-refractivity contribution is 8.00. The van der Waals surface area contributed by atoms with Crippen molar-refractivity contribution in [3.63, 3.8) is 0 Å². The Morgan fingerprint density at radius 1 is 1.26 bits per heavy atom. The van der Waals surface area contributed by atoms with Crippen molar-refractivity contribution < 1.29 is 4.92 Å². The van der Waals surface area contributed by atoms with E-state index in [1.165, 1.54) is 18.0 Å². The third-order valence-electron chi connectivity index (χ3n) is 2.53. The highest BCUT2D eigenvalue weighted by atomic mass is 35.5. The molecule has 98 valence electrons. The van der Waals surface area contributed by atoms with Crippen molar-refractivity contribution in [1.29, 1.82) is 0 Å². The van der Waals surface area contributed by atoms with Crippen LogP contribution in [0.25, 0.3) is 0 Å². The van der Waals surface area contributed by atoms with Crippen LogP contribution in [0.1, 0.15) is 5.56 Å². The second-order valence-electron chi connectivity index (χ2n) is 3.89. The molecule has 19 heavy (non-hydrogen) atoms. The van der Waals surface area contributed by atoms with E-state index >= 15 is 0 Å². The van der Waals surface area contributed by atoms with E-state index in [1.54, 1.807) is 30.3 Å². The Morgan fingerprint density at radius 2 is 2.00 bits per heavy atom. The Kier molecular flexibility index (Phi) is 4.29. The molecule has 0 radical (unpaired) electrons. The lowest BCUT2D eigenvalue weighted by molar-refractivity contribution is -0.387. The molecule has 0 aliphatic carbocycles. The van der Waals surface area contributed by atoms with Gasteiger partial charge in [-0.2, -0.15) is 0 Å². The normalized spacial score (nSPS) is 10.2. The van der Waals surface area contributed by atoms with Gasteiger partial charge in [0.05, 0.1) is 4.92 Å². The molecule has 6 heteroatoms. The van der Waals surface area contributed by atoms with Crippen molar-refractivity contribution in [3.8, 4) is 0 Å². The lowest BCUT2D eigenvalue weighted by Gasteiger charge is -2.09. The average Bonchev–Trinajstić information content (AvgIpc) is 2.40. The second-order valence-corrected chi connectivity index (χ2v) is 5.17. The van der Waals surface area contributed by atoms with Gasteiger partial charge in [-0.25, -0.2) is 0 Å². The van der Waals surface area contributed by atoms with Gasteiger partial charge in [0, 0.05) is 16.8 Å². The molecule has 4 nitrogen and oxygen atoms in total. The quantitative estimate of drug-likeness (QED) is 0.505. The first-order valence-electron chi connectivity index (χ1n) is 5.50. The fourth-order valence-corrected chi connectivity index (χ4v) is 2.51. The van der Waals surface area contributed by atoms with Crippen LogP contribution >= 0.6 is 23.5 Å². The summed E-state index contributed by atoms with van der Waals surface area (Å²) in [7, 11) is 0. The number of para-hydroxylation sites is 1. The monoisotopic (exact) mass is 294 g/mol. The maximum Gasteiger partial charge on any atom is 0.284 e. The molecule has 0 spiro atoms. The molecule has 0 unspecified atom stereocenters. The predicted molar refractivity (Wildman–Crippen MR) is 78.8 cm³/mol. The molecule has 0 aromatic heterocycles. The average molecular weight is 295 g/mol. The van der Waals surface area contributed by atoms with Crippen LogP contribution in [0.5, 0.6) is 0 Å². The van der Waals surface area contributed by atoms with Gasteiger partial charge in [0.2, 0.25) is 0 Å². The van der Waals surface area contributed by atoms with Gasteiger partial charge in [0.1, 0.15) is 4.90 Å². The van der Waals surface area contributed by atoms with Crippen molar-refractivity contribution >= 4 is 34.9 Å². The van der Waals surface area contributed by atoms with Gasteiger partial charge in [-0.15, -0.1) is 0 Å². The summed E-state index contributed by atoms with van der Waals surface area (Å²) >= 11 is 7.12. The van der Waals surface area contributed by atoms with Crippen LogP contribution in [-0.4, -0.2) is 4.92 Å². The molecular formula is C13H11ClN2O2S. The van der Waals surface area contributed by atoms with E-state index in [0.29, 0.717) is 9.92 Å². The number of benzene rings is 2. The van der Waals surface area contributed by atoms with Crippen LogP contribution in [0.4, 0.5) is 11.4 Å². The van der Waals surface area contributed by atoms with Crippen LogP contribution in [0.3, 0.4) is 0 Å². The number of hydrogen-bond donors (Lipinski definition) is 1. The van der Waals surface area contributed by atoms with Crippen molar-refractivity contribution in [2.45, 2.75) is 11.8 Å². The number of nitro benzene ring substituents is 1. The molecule has 1 N–H and O–H groups in total. The summed E-state index contributed by atoms with van der Waals surface area (Å²) in [6, 6.07) is 12.1. The summed E-state index contributed by atoms with van der Waals surface area (Å²) in [5.41, 5.74) is 1.95. The fourth-order valence-electron chi connectivity index (χ4n) is 1.51. The molecule has 0 saturated heterocycles. The minimum absolute atomic E-state index is 0.0830. The van der Waals surface area contributed by atoms with Crippen molar-refractivity contribution in [2.24, 2.45) is 0 Å². The van der Waals surface area contributed by atoms with E-state index in [9.17, 15) is 10.1 Å². The number of rotatable bonds is 4. The van der Waals surface area contributed by atoms with Gasteiger partial charge >= 0.3 is 0 Å². The van der Waals surface area contributed by atoms with Crippen molar-refractivity contribution in [2.75, 3.05) is 4.72 Å². The van der Waals surface area contributed by atoms with E-state index in [1.807, 2.05) is 13.0 Å². The number of hydrogen-bond acceptors (Lipinski definition) is 4. The number of anilines is 1. The molecule has 2 aromatic carbocycles. The summed E-state index contributed by atoms with van der Waals surface area (Å²) in [6.45, 7) is 1.94. The summed E-state index contributed by atoms with van der Waals surface area (Å²) in [6.07, 6.45) is 0. The molecule has 0 saturated carbocycles. The molecule has 0 fully saturated rings. The van der Waals surface area contributed by atoms with Crippen LogP contribution in [-0.2, 0) is 0 Å². The van der Waals surface area contributed by atoms with E-state index in [4.69, 9.17) is 11.6 Å². The number of nitrogens with zero attached hydrogens (tertiary/aromatic N) is 1. The summed E-state index contributed by atoms with van der Waals surface area (Å²) in [5.74, 6) is 0. The SMILES string of the molecule is Cc1ccc(Cl)cc1NSc1ccccc1[N+](=O)[O-]. The standard InChI is InChI=1S/C13H11ClN2O2S/c1-9-6-7-10(14)8-11(9)15-19-13-5-3-2-4-12(13)16(17)18/h2-8,15H,1H3. The summed E-state index contributed by atoms with van der Waals surface area (Å²) in [4.78, 5) is 11.1. The summed E-state index contributed by atoms with van der Waals surface area (Å²) in [5, 5.41) is 11.5. The Morgan fingerprint density at radius 3 is 2.74 bits per heavy atom. The number of nitro groups is 1. The largest absolute Gasteiger partial charge is 0.325 e. The van der Waals surface area contributed by atoms with Crippen LogP contribution in [0.15, 0.2) is 47.4 Å². The van der Waals surface area contributed by atoms with Crippen molar-refractivity contribution in [3.05, 3.63) is 63.2 Å². The number of nitrogens with one attached hydrogen (secondary N) is 1. The molecule has 0 amide bonds. The van der Waals surface area contributed by atoms with E-state index in [0.717, 1.165) is 11.3 Å². The Bertz CT molecular complexity index is 619. The highest BCUT2D eigenvalue weighted by Gasteiger charge is 2.13. The topological polar surface area (TPSA) is 55.2 Å². The first-order valence-corrected chi connectivity index (χ1v) is 6.70. The zero-order chi connectivity index (χ0) is 13.8. The number of halogens is 1. The molecule has 0 aliphatic rings. The van der Waals surface area contributed by atoms with E-state index in [2.05, 4.69) is 4.72 Å². The van der Waals surface area contributed by atoms with E-state index in [-0.39, 0.29) is 5.69 Å². The van der Waals surface area contributed by atoms with Crippen LogP contribution < -0.4 is 4.72 Å². The summed E-state index contributed by atoms with van der Waals surface area (Å²) < 4.78 is 3.09. The fraction of sp³-hybridized carbons (Fsp3) is 0.0769. The first-order chi connectivity index (χ1) is 9.08. The first kappa shape index (κ1) is 13.7. The molecule has 0 aliphatic heterocycles. The second kappa shape index (κ2) is 5.95. The van der Waals surface area contributed by atoms with Crippen LogP contribution in [0.2, 0.25) is 5.02 Å². The zero-order valence-corrected chi connectivity index (χ0v) is 11.7. The maximum absolute atomic E-state index is 10.9. The minimum Gasteiger partial charge on any atom is -0.325 e. The third-order valence-corrected chi connectivity index (χ3v) is 3.65. The predicted octanol–water partition coefficient (Wildman–Crippen LogP) is 4.68. The zero-order valence-electron chi connectivity index (χ0n) is 10.1. The smallest absolute Gasteiger partial charge is 0.284 e. The maximum atomic E-state index is 10.9. The van der Waals surface area contributed by atoms with Gasteiger partial charge in [-0.05, 0) is 42.6 Å². The Hall–Kier alpha value is -1.72. The van der Waals surface area contributed by atoms with Gasteiger partial charge < -0.3 is 4.72 Å². The van der Waals surface area contributed by atoms with Crippen molar-refractivity contribution in [1.82, 2.24) is 0 Å². The third kappa shape index (κ3) is 3.39. The number of aryl methyl sites for hydroxylation is 1. The Balaban J connectivity index is 2.19. The molecule has 2 aromatic rings. The van der Waals surface area contributed by atoms with Crippen LogP contribution in [0, 0.1) is 17.0 Å². The van der Waals surface area contributed by atoms with Gasteiger partial charge in [-0.1, -0.05) is 29.8 Å². The Labute approximate surface area is 120 Å². The minimum atomic E-state index is -0.394. The van der Waals surface area contributed by atoms with E-state index < -0.39 is 4.92 Å². The van der Waals surface area contributed by atoms with Gasteiger partial charge in [0.15, 0.2) is 0 Å². The lowest BCUT2D eigenvalue weighted by atomic mass is 10.2.